The first-order valence-corrected chi connectivity index (χ1v) is 13.7. The van der Waals surface area contributed by atoms with Crippen molar-refractivity contribution >= 4 is 29.4 Å². The van der Waals surface area contributed by atoms with Gasteiger partial charge in [0.1, 0.15) is 11.6 Å². The Bertz CT molecular complexity index is 1110. The number of piperazine rings is 1. The molecule has 236 valence electrons. The van der Waals surface area contributed by atoms with Crippen LogP contribution >= 0.6 is 0 Å². The van der Waals surface area contributed by atoms with Crippen molar-refractivity contribution in [3.8, 4) is 0 Å². The predicted molar refractivity (Wildman–Crippen MR) is 154 cm³/mol. The molecule has 0 radical (unpaired) electrons. The third-order valence-corrected chi connectivity index (χ3v) is 6.84. The lowest BCUT2D eigenvalue weighted by Crippen LogP contribution is -2.64. The standard InChI is InChI=1S/C25H40F2N4O3.C4H4O4/c1-15(2)11-29-24(34)18(16(3)4)10-22(32)20(28)12-30-13-23(33)31(14-25(30,5)6)21-9-17(26)7-8-19(21)27;5-3(6)1-2-4(7)8/h7-9,15-16,18,20,22,32H,10-14,28H2,1-6H3,(H,29,34);1-2H,(H,5,6)(H,7,8)/b;2-1+/t18-,20-,22-;/m0./s1. The van der Waals surface area contributed by atoms with Gasteiger partial charge in [-0.1, -0.05) is 27.7 Å². The SMILES string of the molecule is CC(C)CNC(=O)[C@@H](C[C@H](O)[C@@H](N)CN1CC(=O)N(c2cc(F)ccc2F)CC1(C)C)C(C)C.O=C(O)/C=C/C(=O)O. The van der Waals surface area contributed by atoms with E-state index in [-0.39, 0.29) is 55.4 Å². The Kier molecular flexibility index (Phi) is 14.2. The van der Waals surface area contributed by atoms with Gasteiger partial charge in [-0.05, 0) is 44.2 Å². The summed E-state index contributed by atoms with van der Waals surface area (Å²) < 4.78 is 28.0. The van der Waals surface area contributed by atoms with Crippen molar-refractivity contribution in [2.75, 3.05) is 31.1 Å². The van der Waals surface area contributed by atoms with Gasteiger partial charge in [-0.15, -0.1) is 0 Å². The number of hydrogen-bond acceptors (Lipinski definition) is 7. The van der Waals surface area contributed by atoms with Gasteiger partial charge in [0.2, 0.25) is 11.8 Å². The van der Waals surface area contributed by atoms with Crippen molar-refractivity contribution in [3.05, 3.63) is 42.0 Å². The van der Waals surface area contributed by atoms with Crippen molar-refractivity contribution in [2.45, 2.75) is 65.6 Å². The molecule has 11 nitrogen and oxygen atoms in total. The molecule has 13 heteroatoms. The van der Waals surface area contributed by atoms with Crippen LogP contribution in [0, 0.1) is 29.4 Å². The second kappa shape index (κ2) is 16.3. The minimum absolute atomic E-state index is 0.0248. The number of halogens is 2. The summed E-state index contributed by atoms with van der Waals surface area (Å²) in [4.78, 5) is 47.7. The second-order valence-electron chi connectivity index (χ2n) is 11.7. The first-order valence-electron chi connectivity index (χ1n) is 13.7. The summed E-state index contributed by atoms with van der Waals surface area (Å²) in [6.45, 7) is 12.6. The number of rotatable bonds is 12. The van der Waals surface area contributed by atoms with Gasteiger partial charge in [0, 0.05) is 55.4 Å². The number of carbonyl (C=O) groups excluding carboxylic acids is 2. The maximum Gasteiger partial charge on any atom is 0.328 e. The topological polar surface area (TPSA) is 173 Å². The molecular formula is C29H44F2N4O7. The maximum atomic E-state index is 14.3. The molecule has 1 saturated heterocycles. The van der Waals surface area contributed by atoms with Crippen molar-refractivity contribution in [1.82, 2.24) is 10.2 Å². The smallest absolute Gasteiger partial charge is 0.328 e. The summed E-state index contributed by atoms with van der Waals surface area (Å²) in [5.74, 6) is -4.31. The van der Waals surface area contributed by atoms with E-state index in [1.165, 1.54) is 4.90 Å². The van der Waals surface area contributed by atoms with Gasteiger partial charge in [-0.3, -0.25) is 14.5 Å². The van der Waals surface area contributed by atoms with Gasteiger partial charge in [0.05, 0.1) is 18.3 Å². The molecule has 1 aromatic carbocycles. The molecule has 42 heavy (non-hydrogen) atoms. The number of carboxylic acids is 2. The molecular weight excluding hydrogens is 554 g/mol. The minimum Gasteiger partial charge on any atom is -0.478 e. The van der Waals surface area contributed by atoms with Crippen molar-refractivity contribution in [3.63, 3.8) is 0 Å². The molecule has 6 N–H and O–H groups in total. The molecule has 1 aromatic rings. The van der Waals surface area contributed by atoms with Crippen molar-refractivity contribution in [2.24, 2.45) is 23.5 Å². The molecule has 3 atom stereocenters. The molecule has 1 aliphatic rings. The van der Waals surface area contributed by atoms with E-state index in [2.05, 4.69) is 5.32 Å². The third kappa shape index (κ3) is 11.8. The van der Waals surface area contributed by atoms with Gasteiger partial charge < -0.3 is 31.3 Å². The van der Waals surface area contributed by atoms with Crippen LogP contribution in [0.3, 0.4) is 0 Å². The quantitative estimate of drug-likeness (QED) is 0.226. The van der Waals surface area contributed by atoms with E-state index in [1.54, 1.807) is 0 Å². The summed E-state index contributed by atoms with van der Waals surface area (Å²) in [6, 6.07) is 2.35. The fraction of sp³-hybridized carbons (Fsp3) is 0.586. The zero-order valence-electron chi connectivity index (χ0n) is 25.0. The van der Waals surface area contributed by atoms with Gasteiger partial charge in [0.15, 0.2) is 0 Å². The molecule has 0 saturated carbocycles. The maximum absolute atomic E-state index is 14.3. The number of anilines is 1. The average Bonchev–Trinajstić information content (AvgIpc) is 2.88. The fourth-order valence-corrected chi connectivity index (χ4v) is 4.33. The third-order valence-electron chi connectivity index (χ3n) is 6.84. The number of nitrogens with zero attached hydrogens (tertiary/aromatic N) is 2. The zero-order valence-corrected chi connectivity index (χ0v) is 25.0. The lowest BCUT2D eigenvalue weighted by Gasteiger charge is -2.47. The van der Waals surface area contributed by atoms with E-state index in [9.17, 15) is 33.1 Å². The molecule has 0 bridgehead atoms. The fourth-order valence-electron chi connectivity index (χ4n) is 4.33. The number of amides is 2. The summed E-state index contributed by atoms with van der Waals surface area (Å²) in [7, 11) is 0. The molecule has 0 aliphatic carbocycles. The van der Waals surface area contributed by atoms with Crippen LogP contribution < -0.4 is 16.0 Å². The first-order chi connectivity index (χ1) is 19.3. The van der Waals surface area contributed by atoms with Crippen LogP contribution in [0.2, 0.25) is 0 Å². The van der Waals surface area contributed by atoms with E-state index in [4.69, 9.17) is 15.9 Å². The van der Waals surface area contributed by atoms with Crippen LogP contribution in [-0.2, 0) is 19.2 Å². The van der Waals surface area contributed by atoms with Crippen LogP contribution in [0.4, 0.5) is 14.5 Å². The molecule has 1 heterocycles. The number of carbonyl (C=O) groups is 4. The van der Waals surface area contributed by atoms with Gasteiger partial charge in [-0.25, -0.2) is 18.4 Å². The Labute approximate surface area is 245 Å². The highest BCUT2D eigenvalue weighted by Gasteiger charge is 2.41. The van der Waals surface area contributed by atoms with Gasteiger partial charge >= 0.3 is 11.9 Å². The van der Waals surface area contributed by atoms with Crippen LogP contribution in [0.15, 0.2) is 30.4 Å². The Morgan fingerprint density at radius 2 is 1.67 bits per heavy atom. The lowest BCUT2D eigenvalue weighted by atomic mass is 9.86. The Morgan fingerprint density at radius 1 is 1.10 bits per heavy atom. The normalized spacial score (nSPS) is 17.5. The van der Waals surface area contributed by atoms with Gasteiger partial charge in [-0.2, -0.15) is 0 Å². The number of hydrogen-bond donors (Lipinski definition) is 5. The summed E-state index contributed by atoms with van der Waals surface area (Å²) >= 11 is 0. The Hall–Kier alpha value is -3.42. The van der Waals surface area contributed by atoms with E-state index in [0.717, 1.165) is 18.2 Å². The molecule has 2 amide bonds. The molecule has 0 unspecified atom stereocenters. The van der Waals surface area contributed by atoms with Crippen LogP contribution in [0.5, 0.6) is 0 Å². The minimum atomic E-state index is -1.26. The first kappa shape index (κ1) is 36.6. The lowest BCUT2D eigenvalue weighted by molar-refractivity contribution is -0.134. The van der Waals surface area contributed by atoms with E-state index < -0.39 is 41.3 Å². The number of aliphatic hydroxyl groups excluding tert-OH is 1. The van der Waals surface area contributed by atoms with Crippen molar-refractivity contribution in [1.29, 1.82) is 0 Å². The average molecular weight is 599 g/mol. The molecule has 2 rings (SSSR count). The number of benzene rings is 1. The largest absolute Gasteiger partial charge is 0.478 e. The monoisotopic (exact) mass is 598 g/mol. The van der Waals surface area contributed by atoms with E-state index >= 15 is 0 Å². The van der Waals surface area contributed by atoms with Crippen LogP contribution in [-0.4, -0.2) is 87.8 Å². The molecule has 1 aliphatic heterocycles. The second-order valence-corrected chi connectivity index (χ2v) is 11.7. The predicted octanol–water partition coefficient (Wildman–Crippen LogP) is 2.23. The van der Waals surface area contributed by atoms with Crippen molar-refractivity contribution < 1.29 is 43.3 Å². The highest BCUT2D eigenvalue weighted by atomic mass is 19.1. The number of aliphatic carboxylic acids is 2. The molecule has 0 aromatic heterocycles. The Balaban J connectivity index is 0.000000962. The number of carboxylic acid groups (broad SMARTS) is 2. The summed E-state index contributed by atoms with van der Waals surface area (Å²) in [6.07, 6.45) is 0.387. The van der Waals surface area contributed by atoms with Crippen LogP contribution in [0.25, 0.3) is 0 Å². The zero-order chi connectivity index (χ0) is 32.4. The van der Waals surface area contributed by atoms with E-state index in [1.807, 2.05) is 46.4 Å². The summed E-state index contributed by atoms with van der Waals surface area (Å²) in [5.41, 5.74) is 5.63. The number of nitrogens with one attached hydrogen (secondary N) is 1. The van der Waals surface area contributed by atoms with E-state index in [0.29, 0.717) is 24.6 Å². The number of nitrogens with two attached hydrogens (primary N) is 1. The highest BCUT2D eigenvalue weighted by molar-refractivity contribution is 5.96. The van der Waals surface area contributed by atoms with Crippen LogP contribution in [0.1, 0.15) is 48.0 Å². The molecule has 0 spiro atoms. The highest BCUT2D eigenvalue weighted by Crippen LogP contribution is 2.29. The number of aliphatic hydroxyl groups is 1. The molecule has 1 fully saturated rings. The van der Waals surface area contributed by atoms with Gasteiger partial charge in [0.25, 0.3) is 0 Å². The Morgan fingerprint density at radius 3 is 2.17 bits per heavy atom. The summed E-state index contributed by atoms with van der Waals surface area (Å²) in [5, 5.41) is 29.4.